The number of hydrogen-bond donors (Lipinski definition) is 0. The van der Waals surface area contributed by atoms with Gasteiger partial charge in [-0.3, -0.25) is 9.59 Å². The first-order valence-electron chi connectivity index (χ1n) is 12.1. The Bertz CT molecular complexity index is 953. The summed E-state index contributed by atoms with van der Waals surface area (Å²) >= 11 is 0. The molecule has 0 aromatic heterocycles. The minimum absolute atomic E-state index is 0.106. The maximum absolute atomic E-state index is 13.4. The summed E-state index contributed by atoms with van der Waals surface area (Å²) in [5, 5.41) is 0. The van der Waals surface area contributed by atoms with Crippen LogP contribution < -0.4 is 0 Å². The van der Waals surface area contributed by atoms with E-state index in [0.29, 0.717) is 39.0 Å². The van der Waals surface area contributed by atoms with Gasteiger partial charge in [-0.2, -0.15) is 0 Å². The van der Waals surface area contributed by atoms with Crippen molar-refractivity contribution in [2.24, 2.45) is 5.92 Å². The molecule has 0 aliphatic carbocycles. The van der Waals surface area contributed by atoms with Crippen molar-refractivity contribution in [2.75, 3.05) is 32.8 Å². The van der Waals surface area contributed by atoms with Gasteiger partial charge in [0.05, 0.1) is 12.0 Å². The van der Waals surface area contributed by atoms with Crippen LogP contribution in [0.15, 0.2) is 67.3 Å². The Balaban J connectivity index is 1.48. The molecule has 0 unspecified atom stereocenters. The van der Waals surface area contributed by atoms with Crippen LogP contribution in [0, 0.1) is 5.92 Å². The summed E-state index contributed by atoms with van der Waals surface area (Å²) in [6.07, 6.45) is 5.95. The van der Waals surface area contributed by atoms with E-state index in [2.05, 4.69) is 36.9 Å². The highest BCUT2D eigenvalue weighted by molar-refractivity contribution is 5.82. The van der Waals surface area contributed by atoms with Gasteiger partial charge in [-0.25, -0.2) is 0 Å². The summed E-state index contributed by atoms with van der Waals surface area (Å²) < 4.78 is 5.69. The van der Waals surface area contributed by atoms with E-state index in [1.165, 1.54) is 0 Å². The van der Waals surface area contributed by atoms with Crippen molar-refractivity contribution in [3.05, 3.63) is 72.8 Å². The fourth-order valence-electron chi connectivity index (χ4n) is 4.87. The number of benzene rings is 2. The second kappa shape index (κ2) is 11.3. The third-order valence-electron chi connectivity index (χ3n) is 6.66. The van der Waals surface area contributed by atoms with Crippen molar-refractivity contribution in [3.8, 4) is 11.1 Å². The Morgan fingerprint density at radius 1 is 1.09 bits per heavy atom. The van der Waals surface area contributed by atoms with Crippen LogP contribution in [0.1, 0.15) is 31.2 Å². The molecule has 5 nitrogen and oxygen atoms in total. The summed E-state index contributed by atoms with van der Waals surface area (Å²) in [6.45, 7) is 6.72. The van der Waals surface area contributed by atoms with Gasteiger partial charge in [0.15, 0.2) is 0 Å². The normalized spacial score (nSPS) is 21.2. The standard InChI is InChI=1S/C28H34N2O3/c1-2-15-29-16-17-30(27(31)14-13-26-12-7-18-33-26)21-25(28(29)32)20-22-8-6-11-24(19-22)23-9-4-3-5-10-23/h2-6,8-11,19,25-26H,1,7,12-18,20-21H2/t25-,26-/m0/s1. The van der Waals surface area contributed by atoms with Gasteiger partial charge in [-0.05, 0) is 42.4 Å². The van der Waals surface area contributed by atoms with E-state index in [0.717, 1.165) is 42.6 Å². The summed E-state index contributed by atoms with van der Waals surface area (Å²) in [4.78, 5) is 30.1. The molecule has 0 radical (unpaired) electrons. The van der Waals surface area contributed by atoms with Gasteiger partial charge >= 0.3 is 0 Å². The number of ether oxygens (including phenoxy) is 1. The third-order valence-corrected chi connectivity index (χ3v) is 6.66. The average molecular weight is 447 g/mol. The Morgan fingerprint density at radius 3 is 2.67 bits per heavy atom. The molecule has 5 heteroatoms. The van der Waals surface area contributed by atoms with Crippen LogP contribution in [0.4, 0.5) is 0 Å². The SMILES string of the molecule is C=CCN1CCN(C(=O)CC[C@@H]2CCCO2)C[C@H](Cc2cccc(-c3ccccc3)c2)C1=O. The second-order valence-electron chi connectivity index (χ2n) is 9.05. The van der Waals surface area contributed by atoms with E-state index >= 15 is 0 Å². The lowest BCUT2D eigenvalue weighted by molar-refractivity contribution is -0.134. The molecule has 2 aromatic carbocycles. The number of nitrogens with zero attached hydrogens (tertiary/aromatic N) is 2. The molecule has 0 saturated carbocycles. The summed E-state index contributed by atoms with van der Waals surface area (Å²) in [6, 6.07) is 18.6. The monoisotopic (exact) mass is 446 g/mol. The smallest absolute Gasteiger partial charge is 0.228 e. The summed E-state index contributed by atoms with van der Waals surface area (Å²) in [7, 11) is 0. The lowest BCUT2D eigenvalue weighted by atomic mass is 9.94. The third kappa shape index (κ3) is 6.11. The van der Waals surface area contributed by atoms with E-state index in [1.54, 1.807) is 6.08 Å². The van der Waals surface area contributed by atoms with E-state index in [9.17, 15) is 9.59 Å². The highest BCUT2D eigenvalue weighted by Crippen LogP contribution is 2.24. The summed E-state index contributed by atoms with van der Waals surface area (Å²) in [5.74, 6) is -0.0265. The highest BCUT2D eigenvalue weighted by Gasteiger charge is 2.32. The van der Waals surface area contributed by atoms with Crippen molar-refractivity contribution in [3.63, 3.8) is 0 Å². The van der Waals surface area contributed by atoms with Crippen molar-refractivity contribution < 1.29 is 14.3 Å². The molecule has 2 aliphatic heterocycles. The van der Waals surface area contributed by atoms with Gasteiger partial charge < -0.3 is 14.5 Å². The molecule has 2 fully saturated rings. The molecule has 2 saturated heterocycles. The molecule has 4 rings (SSSR count). The largest absolute Gasteiger partial charge is 0.378 e. The van der Waals surface area contributed by atoms with Crippen LogP contribution >= 0.6 is 0 Å². The molecule has 2 aliphatic rings. The molecule has 0 N–H and O–H groups in total. The van der Waals surface area contributed by atoms with Gasteiger partial charge in [0, 0.05) is 39.2 Å². The maximum atomic E-state index is 13.4. The topological polar surface area (TPSA) is 49.9 Å². The Kier molecular flexibility index (Phi) is 7.95. The molecular formula is C28H34N2O3. The molecule has 174 valence electrons. The van der Waals surface area contributed by atoms with Crippen LogP contribution in [0.5, 0.6) is 0 Å². The van der Waals surface area contributed by atoms with Crippen molar-refractivity contribution >= 4 is 11.8 Å². The highest BCUT2D eigenvalue weighted by atomic mass is 16.5. The van der Waals surface area contributed by atoms with Crippen molar-refractivity contribution in [2.45, 2.75) is 38.2 Å². The zero-order valence-corrected chi connectivity index (χ0v) is 19.3. The first-order valence-corrected chi connectivity index (χ1v) is 12.1. The lowest BCUT2D eigenvalue weighted by Gasteiger charge is -2.24. The first kappa shape index (κ1) is 23.2. The molecule has 2 aromatic rings. The number of carbonyl (C=O) groups excluding carboxylic acids is 2. The minimum Gasteiger partial charge on any atom is -0.378 e. The average Bonchev–Trinajstić information content (AvgIpc) is 3.32. The van der Waals surface area contributed by atoms with Crippen LogP contribution in [0.3, 0.4) is 0 Å². The van der Waals surface area contributed by atoms with Crippen LogP contribution in [0.2, 0.25) is 0 Å². The van der Waals surface area contributed by atoms with Crippen molar-refractivity contribution in [1.29, 1.82) is 0 Å². The predicted molar refractivity (Wildman–Crippen MR) is 131 cm³/mol. The maximum Gasteiger partial charge on any atom is 0.228 e. The zero-order chi connectivity index (χ0) is 23.0. The molecule has 33 heavy (non-hydrogen) atoms. The number of hydrogen-bond acceptors (Lipinski definition) is 3. The Labute approximate surface area is 197 Å². The number of carbonyl (C=O) groups is 2. The molecule has 2 amide bonds. The van der Waals surface area contributed by atoms with Crippen LogP contribution in [0.25, 0.3) is 11.1 Å². The quantitative estimate of drug-likeness (QED) is 0.567. The van der Waals surface area contributed by atoms with Crippen molar-refractivity contribution in [1.82, 2.24) is 9.80 Å². The fraction of sp³-hybridized carbons (Fsp3) is 0.429. The lowest BCUT2D eigenvalue weighted by Crippen LogP contribution is -2.38. The zero-order valence-electron chi connectivity index (χ0n) is 19.3. The van der Waals surface area contributed by atoms with E-state index in [1.807, 2.05) is 34.1 Å². The van der Waals surface area contributed by atoms with Crippen LogP contribution in [-0.4, -0.2) is 60.5 Å². The predicted octanol–water partition coefficient (Wildman–Crippen LogP) is 4.33. The minimum atomic E-state index is -0.259. The van der Waals surface area contributed by atoms with E-state index in [-0.39, 0.29) is 23.8 Å². The van der Waals surface area contributed by atoms with E-state index in [4.69, 9.17) is 4.74 Å². The van der Waals surface area contributed by atoms with Gasteiger partial charge in [0.1, 0.15) is 0 Å². The molecule has 0 bridgehead atoms. The van der Waals surface area contributed by atoms with Gasteiger partial charge in [0.2, 0.25) is 11.8 Å². The second-order valence-corrected chi connectivity index (χ2v) is 9.05. The molecule has 2 atom stereocenters. The van der Waals surface area contributed by atoms with Gasteiger partial charge in [-0.1, -0.05) is 60.7 Å². The van der Waals surface area contributed by atoms with E-state index < -0.39 is 0 Å². The molecular weight excluding hydrogens is 412 g/mol. The Hall–Kier alpha value is -2.92. The number of amides is 2. The van der Waals surface area contributed by atoms with Gasteiger partial charge in [0.25, 0.3) is 0 Å². The first-order chi connectivity index (χ1) is 16.1. The Morgan fingerprint density at radius 2 is 1.91 bits per heavy atom. The molecule has 0 spiro atoms. The summed E-state index contributed by atoms with van der Waals surface area (Å²) in [5.41, 5.74) is 3.41. The van der Waals surface area contributed by atoms with Gasteiger partial charge in [-0.15, -0.1) is 6.58 Å². The van der Waals surface area contributed by atoms with Crippen LogP contribution in [-0.2, 0) is 20.7 Å². The number of rotatable bonds is 8. The fourth-order valence-corrected chi connectivity index (χ4v) is 4.87. The molecule has 2 heterocycles.